The molecule has 0 saturated carbocycles. The van der Waals surface area contributed by atoms with Crippen LogP contribution < -0.4 is 10.6 Å². The molecular weight excluding hydrogens is 320 g/mol. The summed E-state index contributed by atoms with van der Waals surface area (Å²) in [5.41, 5.74) is 2.36. The van der Waals surface area contributed by atoms with Crippen molar-refractivity contribution >= 4 is 23.2 Å². The summed E-state index contributed by atoms with van der Waals surface area (Å²) < 4.78 is 0. The maximum atomic E-state index is 11.8. The van der Waals surface area contributed by atoms with Crippen LogP contribution in [0.1, 0.15) is 16.0 Å². The van der Waals surface area contributed by atoms with E-state index in [2.05, 4.69) is 46.8 Å². The van der Waals surface area contributed by atoms with Gasteiger partial charge >= 0.3 is 0 Å². The van der Waals surface area contributed by atoms with Gasteiger partial charge in [-0.2, -0.15) is 0 Å². The lowest BCUT2D eigenvalue weighted by Gasteiger charge is -2.14. The third-order valence-corrected chi connectivity index (χ3v) is 4.29. The molecule has 0 bridgehead atoms. The number of thiophene rings is 1. The van der Waals surface area contributed by atoms with E-state index in [0.29, 0.717) is 19.0 Å². The normalized spacial score (nSPS) is 11.2. The van der Waals surface area contributed by atoms with Crippen LogP contribution in [0.4, 0.5) is 0 Å². The molecule has 2 N–H and O–H groups in total. The molecule has 2 rings (SSSR count). The summed E-state index contributed by atoms with van der Waals surface area (Å²) in [5.74, 6) is 0.649. The van der Waals surface area contributed by atoms with Crippen LogP contribution in [-0.2, 0) is 17.9 Å². The Bertz CT molecular complexity index is 680. The Morgan fingerprint density at radius 3 is 2.71 bits per heavy atom. The zero-order chi connectivity index (χ0) is 17.4. The van der Waals surface area contributed by atoms with Gasteiger partial charge in [0.1, 0.15) is 0 Å². The van der Waals surface area contributed by atoms with Gasteiger partial charge in [-0.25, -0.2) is 4.99 Å². The number of carbonyl (C=O) groups is 1. The minimum absolute atomic E-state index is 0.0104. The van der Waals surface area contributed by atoms with Crippen molar-refractivity contribution in [3.8, 4) is 0 Å². The molecule has 6 heteroatoms. The van der Waals surface area contributed by atoms with Gasteiger partial charge in [0.2, 0.25) is 5.91 Å². The van der Waals surface area contributed by atoms with Gasteiger partial charge in [-0.05, 0) is 23.9 Å². The second-order valence-corrected chi connectivity index (χ2v) is 6.76. The number of nitrogens with one attached hydrogen (secondary N) is 2. The highest BCUT2D eigenvalue weighted by Gasteiger charge is 2.06. The highest BCUT2D eigenvalue weighted by molar-refractivity contribution is 7.09. The predicted octanol–water partition coefficient (Wildman–Crippen LogP) is 2.38. The van der Waals surface area contributed by atoms with E-state index in [1.54, 1.807) is 30.3 Å². The third kappa shape index (κ3) is 6.04. The number of hydrogen-bond acceptors (Lipinski definition) is 3. The highest BCUT2D eigenvalue weighted by Crippen LogP contribution is 2.08. The predicted molar refractivity (Wildman–Crippen MR) is 100 cm³/mol. The molecule has 0 saturated heterocycles. The van der Waals surface area contributed by atoms with Gasteiger partial charge in [0, 0.05) is 19.0 Å². The van der Waals surface area contributed by atoms with Crippen molar-refractivity contribution in [1.29, 1.82) is 0 Å². The van der Waals surface area contributed by atoms with Crippen LogP contribution in [0.5, 0.6) is 0 Å². The summed E-state index contributed by atoms with van der Waals surface area (Å²) >= 11 is 1.69. The minimum atomic E-state index is 0.0104. The number of benzene rings is 1. The van der Waals surface area contributed by atoms with Crippen LogP contribution in [0.2, 0.25) is 0 Å². The van der Waals surface area contributed by atoms with E-state index in [4.69, 9.17) is 0 Å². The first kappa shape index (κ1) is 18.0. The van der Waals surface area contributed by atoms with Crippen molar-refractivity contribution in [2.75, 3.05) is 20.6 Å². The number of nitrogens with zero attached hydrogens (tertiary/aromatic N) is 2. The molecule has 1 aromatic heterocycles. The highest BCUT2D eigenvalue weighted by atomic mass is 32.1. The molecule has 0 spiro atoms. The zero-order valence-electron chi connectivity index (χ0n) is 14.4. The quantitative estimate of drug-likeness (QED) is 0.625. The molecule has 1 aromatic carbocycles. The zero-order valence-corrected chi connectivity index (χ0v) is 15.2. The molecule has 0 unspecified atom stereocenters. The molecule has 1 amide bonds. The smallest absolute Gasteiger partial charge is 0.241 e. The molecule has 24 heavy (non-hydrogen) atoms. The number of rotatable bonds is 6. The number of amides is 1. The van der Waals surface area contributed by atoms with Gasteiger partial charge in [0.25, 0.3) is 0 Å². The second kappa shape index (κ2) is 9.08. The molecule has 0 fully saturated rings. The number of guanidine groups is 1. The molecule has 1 heterocycles. The van der Waals surface area contributed by atoms with Crippen LogP contribution >= 0.6 is 11.3 Å². The Balaban J connectivity index is 1.99. The Labute approximate surface area is 147 Å². The molecule has 0 radical (unpaired) electrons. The Morgan fingerprint density at radius 1 is 1.21 bits per heavy atom. The van der Waals surface area contributed by atoms with E-state index in [-0.39, 0.29) is 12.5 Å². The maximum Gasteiger partial charge on any atom is 0.241 e. The first-order valence-electron chi connectivity index (χ1n) is 7.85. The standard InChI is InChI=1S/C18H24N4OS/c1-14-6-4-7-15(10-14)11-19-18(21-13-17(23)22(2)3)20-12-16-8-5-9-24-16/h4-10H,11-13H2,1-3H3,(H2,19,20,21). The number of aliphatic imine (C=N–C) groups is 1. The molecule has 0 aliphatic heterocycles. The fraction of sp³-hybridized carbons (Fsp3) is 0.333. The average Bonchev–Trinajstić information content (AvgIpc) is 3.07. The van der Waals surface area contributed by atoms with Crippen molar-refractivity contribution in [2.45, 2.75) is 20.0 Å². The van der Waals surface area contributed by atoms with Gasteiger partial charge in [-0.1, -0.05) is 35.9 Å². The van der Waals surface area contributed by atoms with Crippen LogP contribution in [0.15, 0.2) is 46.8 Å². The van der Waals surface area contributed by atoms with E-state index in [1.165, 1.54) is 10.4 Å². The fourth-order valence-corrected chi connectivity index (χ4v) is 2.70. The first-order chi connectivity index (χ1) is 11.5. The Kier molecular flexibility index (Phi) is 6.81. The SMILES string of the molecule is Cc1cccc(CN=C(NCC(=O)N(C)C)NCc2cccs2)c1. The van der Waals surface area contributed by atoms with Crippen molar-refractivity contribution in [1.82, 2.24) is 15.5 Å². The topological polar surface area (TPSA) is 56.7 Å². The lowest BCUT2D eigenvalue weighted by atomic mass is 10.1. The summed E-state index contributed by atoms with van der Waals surface area (Å²) in [6.45, 7) is 3.54. The van der Waals surface area contributed by atoms with Crippen molar-refractivity contribution in [2.24, 2.45) is 4.99 Å². The average molecular weight is 344 g/mol. The molecule has 128 valence electrons. The van der Waals surface area contributed by atoms with Gasteiger partial charge in [0.05, 0.1) is 19.6 Å². The summed E-state index contributed by atoms with van der Waals surface area (Å²) in [7, 11) is 3.49. The van der Waals surface area contributed by atoms with Crippen LogP contribution in [-0.4, -0.2) is 37.4 Å². The van der Waals surface area contributed by atoms with Crippen LogP contribution in [0.3, 0.4) is 0 Å². The monoisotopic (exact) mass is 344 g/mol. The third-order valence-electron chi connectivity index (χ3n) is 3.42. The minimum Gasteiger partial charge on any atom is -0.351 e. The summed E-state index contributed by atoms with van der Waals surface area (Å²) in [6, 6.07) is 12.4. The van der Waals surface area contributed by atoms with Crippen molar-refractivity contribution in [3.63, 3.8) is 0 Å². The number of aryl methyl sites for hydroxylation is 1. The van der Waals surface area contributed by atoms with E-state index in [0.717, 1.165) is 5.56 Å². The number of carbonyl (C=O) groups excluding carboxylic acids is 1. The molecular formula is C18H24N4OS. The number of hydrogen-bond donors (Lipinski definition) is 2. The van der Waals surface area contributed by atoms with Crippen molar-refractivity contribution < 1.29 is 4.79 Å². The van der Waals surface area contributed by atoms with E-state index >= 15 is 0 Å². The van der Waals surface area contributed by atoms with Crippen LogP contribution in [0.25, 0.3) is 0 Å². The Hall–Kier alpha value is -2.34. The van der Waals surface area contributed by atoms with E-state index in [9.17, 15) is 4.79 Å². The molecule has 0 atom stereocenters. The first-order valence-corrected chi connectivity index (χ1v) is 8.73. The largest absolute Gasteiger partial charge is 0.351 e. The fourth-order valence-electron chi connectivity index (χ4n) is 2.06. The second-order valence-electron chi connectivity index (χ2n) is 5.73. The van der Waals surface area contributed by atoms with Crippen LogP contribution in [0, 0.1) is 6.92 Å². The summed E-state index contributed by atoms with van der Waals surface area (Å²) in [6.07, 6.45) is 0. The Morgan fingerprint density at radius 2 is 2.04 bits per heavy atom. The summed E-state index contributed by atoms with van der Waals surface area (Å²) in [5, 5.41) is 8.43. The molecule has 5 nitrogen and oxygen atoms in total. The maximum absolute atomic E-state index is 11.8. The lowest BCUT2D eigenvalue weighted by Crippen LogP contribution is -2.42. The van der Waals surface area contributed by atoms with E-state index < -0.39 is 0 Å². The lowest BCUT2D eigenvalue weighted by molar-refractivity contribution is -0.127. The van der Waals surface area contributed by atoms with Gasteiger partial charge < -0.3 is 15.5 Å². The number of likely N-dealkylation sites (N-methyl/N-ethyl adjacent to an activating group) is 1. The van der Waals surface area contributed by atoms with Gasteiger partial charge in [0.15, 0.2) is 5.96 Å². The molecule has 2 aromatic rings. The van der Waals surface area contributed by atoms with Gasteiger partial charge in [-0.15, -0.1) is 11.3 Å². The van der Waals surface area contributed by atoms with Gasteiger partial charge in [-0.3, -0.25) is 4.79 Å². The molecule has 0 aliphatic carbocycles. The summed E-state index contributed by atoms with van der Waals surface area (Å²) in [4.78, 5) is 19.2. The van der Waals surface area contributed by atoms with Crippen molar-refractivity contribution in [3.05, 3.63) is 57.8 Å². The van der Waals surface area contributed by atoms with E-state index in [1.807, 2.05) is 17.5 Å². The molecule has 0 aliphatic rings.